The Morgan fingerprint density at radius 2 is 2.00 bits per heavy atom. The van der Waals surface area contributed by atoms with Gasteiger partial charge in [-0.2, -0.15) is 0 Å². The van der Waals surface area contributed by atoms with E-state index >= 15 is 0 Å². The molecule has 0 bridgehead atoms. The van der Waals surface area contributed by atoms with Gasteiger partial charge in [0.25, 0.3) is 0 Å². The minimum atomic E-state index is -0.0109. The topological polar surface area (TPSA) is 26.3 Å². The second kappa shape index (κ2) is 7.71. The average molecular weight is 325 g/mol. The summed E-state index contributed by atoms with van der Waals surface area (Å²) in [4.78, 5) is 12.3. The third-order valence-electron chi connectivity index (χ3n) is 3.41. The first-order chi connectivity index (χ1) is 9.29. The number of hydrogen-bond donors (Lipinski definition) is 0. The predicted octanol–water partition coefficient (Wildman–Crippen LogP) is 3.09. The first-order valence-corrected chi connectivity index (χ1v) is 9.05. The molecule has 0 heterocycles. The molecule has 104 valence electrons. The number of ether oxygens (including phenoxy) is 1. The van der Waals surface area contributed by atoms with Gasteiger partial charge in [0.1, 0.15) is 0 Å². The molecule has 0 saturated heterocycles. The molecule has 2 rings (SSSR count). The summed E-state index contributed by atoms with van der Waals surface area (Å²) < 4.78 is 7.11. The van der Waals surface area contributed by atoms with Gasteiger partial charge in [-0.25, -0.2) is 0 Å². The van der Waals surface area contributed by atoms with E-state index in [0.29, 0.717) is 26.2 Å². The molecule has 2 nitrogen and oxygen atoms in total. The molecule has 0 radical (unpaired) electrons. The van der Waals surface area contributed by atoms with Crippen LogP contribution in [0, 0.1) is 0 Å². The van der Waals surface area contributed by atoms with Crippen molar-refractivity contribution in [2.75, 3.05) is 0 Å². The standard InChI is InChI=1S/C16H22O2Se/c1-2-8-16(17)18-14-11-6-7-12-15(14)19-13-9-4-3-5-10-13/h3-5,9-10,14-15H,2,6-8,11-12H2,1H3/t14-,15-/m1/s1. The Morgan fingerprint density at radius 3 is 2.74 bits per heavy atom. The second-order valence-corrected chi connectivity index (χ2v) is 7.79. The van der Waals surface area contributed by atoms with Gasteiger partial charge in [-0.15, -0.1) is 0 Å². The fourth-order valence-corrected chi connectivity index (χ4v) is 5.15. The van der Waals surface area contributed by atoms with E-state index in [1.807, 2.05) is 6.92 Å². The van der Waals surface area contributed by atoms with Crippen molar-refractivity contribution < 1.29 is 9.53 Å². The number of hydrogen-bond acceptors (Lipinski definition) is 2. The van der Waals surface area contributed by atoms with Gasteiger partial charge in [0.05, 0.1) is 0 Å². The molecule has 1 aliphatic carbocycles. The third kappa shape index (κ3) is 4.67. The molecule has 0 N–H and O–H groups in total. The van der Waals surface area contributed by atoms with Crippen LogP contribution >= 0.6 is 0 Å². The van der Waals surface area contributed by atoms with Crippen molar-refractivity contribution in [2.24, 2.45) is 0 Å². The quantitative estimate of drug-likeness (QED) is 0.614. The molecule has 1 saturated carbocycles. The van der Waals surface area contributed by atoms with Crippen LogP contribution in [0.3, 0.4) is 0 Å². The molecule has 1 aromatic carbocycles. The Bertz CT molecular complexity index is 391. The zero-order valence-corrected chi connectivity index (χ0v) is 13.2. The molecule has 1 aliphatic rings. The molecule has 0 aromatic heterocycles. The average Bonchev–Trinajstić information content (AvgIpc) is 2.42. The summed E-state index contributed by atoms with van der Waals surface area (Å²) in [5.74, 6) is -0.0109. The Kier molecular flexibility index (Phi) is 5.93. The first-order valence-electron chi connectivity index (χ1n) is 7.20. The van der Waals surface area contributed by atoms with Gasteiger partial charge < -0.3 is 0 Å². The number of rotatable bonds is 5. The van der Waals surface area contributed by atoms with Gasteiger partial charge in [-0.3, -0.25) is 0 Å². The Balaban J connectivity index is 1.94. The number of carbonyl (C=O) groups excluding carboxylic acids is 1. The van der Waals surface area contributed by atoms with E-state index in [1.54, 1.807) is 0 Å². The summed E-state index contributed by atoms with van der Waals surface area (Å²) in [6, 6.07) is 10.6. The van der Waals surface area contributed by atoms with E-state index in [9.17, 15) is 4.79 Å². The van der Waals surface area contributed by atoms with Crippen LogP contribution in [0.5, 0.6) is 0 Å². The molecular weight excluding hydrogens is 303 g/mol. The van der Waals surface area contributed by atoms with Gasteiger partial charge in [-0.05, 0) is 0 Å². The predicted molar refractivity (Wildman–Crippen MR) is 78.8 cm³/mol. The summed E-state index contributed by atoms with van der Waals surface area (Å²) in [7, 11) is 0. The number of carbonyl (C=O) groups is 1. The van der Waals surface area contributed by atoms with Crippen LogP contribution in [0.1, 0.15) is 45.4 Å². The van der Waals surface area contributed by atoms with Crippen LogP contribution in [0.25, 0.3) is 0 Å². The molecular formula is C16H22O2Se. The van der Waals surface area contributed by atoms with Gasteiger partial charge >= 0.3 is 122 Å². The SMILES string of the molecule is CCCC(=O)O[C@@H]1CCCC[C@H]1[Se]c1ccccc1. The summed E-state index contributed by atoms with van der Waals surface area (Å²) in [5, 5.41) is 0. The second-order valence-electron chi connectivity index (χ2n) is 5.03. The van der Waals surface area contributed by atoms with Crippen molar-refractivity contribution in [3.63, 3.8) is 0 Å². The Morgan fingerprint density at radius 1 is 1.26 bits per heavy atom. The van der Waals surface area contributed by atoms with Crippen molar-refractivity contribution in [2.45, 2.75) is 56.4 Å². The van der Waals surface area contributed by atoms with E-state index in [4.69, 9.17) is 4.74 Å². The monoisotopic (exact) mass is 326 g/mol. The summed E-state index contributed by atoms with van der Waals surface area (Å²) in [6.45, 7) is 2.02. The fourth-order valence-electron chi connectivity index (χ4n) is 2.44. The van der Waals surface area contributed by atoms with Crippen molar-refractivity contribution in [3.05, 3.63) is 30.3 Å². The molecule has 0 aliphatic heterocycles. The molecule has 0 spiro atoms. The van der Waals surface area contributed by atoms with Crippen LogP contribution in [-0.2, 0) is 9.53 Å². The van der Waals surface area contributed by atoms with Crippen LogP contribution in [0.2, 0.25) is 4.82 Å². The van der Waals surface area contributed by atoms with Crippen molar-refractivity contribution in [1.29, 1.82) is 0 Å². The number of esters is 1. The summed E-state index contributed by atoms with van der Waals surface area (Å²) in [5.41, 5.74) is 0. The van der Waals surface area contributed by atoms with Crippen LogP contribution in [0.15, 0.2) is 30.3 Å². The number of benzene rings is 1. The zero-order chi connectivity index (χ0) is 13.5. The van der Waals surface area contributed by atoms with E-state index in [0.717, 1.165) is 12.8 Å². The maximum atomic E-state index is 11.7. The maximum absolute atomic E-state index is 11.7. The molecule has 19 heavy (non-hydrogen) atoms. The molecule has 0 unspecified atom stereocenters. The Labute approximate surface area is 122 Å². The van der Waals surface area contributed by atoms with Gasteiger partial charge in [0, 0.05) is 0 Å². The van der Waals surface area contributed by atoms with E-state index in [-0.39, 0.29) is 12.1 Å². The molecule has 1 fully saturated rings. The van der Waals surface area contributed by atoms with Crippen LogP contribution < -0.4 is 4.46 Å². The van der Waals surface area contributed by atoms with Crippen LogP contribution in [-0.4, -0.2) is 27.0 Å². The molecule has 1 aromatic rings. The van der Waals surface area contributed by atoms with Gasteiger partial charge in [-0.1, -0.05) is 0 Å². The van der Waals surface area contributed by atoms with Crippen molar-refractivity contribution in [1.82, 2.24) is 0 Å². The molecule has 0 amide bonds. The van der Waals surface area contributed by atoms with E-state index in [1.165, 1.54) is 23.7 Å². The van der Waals surface area contributed by atoms with Crippen molar-refractivity contribution >= 4 is 25.4 Å². The van der Waals surface area contributed by atoms with Gasteiger partial charge in [0.2, 0.25) is 0 Å². The van der Waals surface area contributed by atoms with Gasteiger partial charge in [0.15, 0.2) is 0 Å². The van der Waals surface area contributed by atoms with E-state index < -0.39 is 0 Å². The summed E-state index contributed by atoms with van der Waals surface area (Å²) in [6.07, 6.45) is 6.33. The normalized spacial score (nSPS) is 23.0. The first kappa shape index (κ1) is 14.6. The van der Waals surface area contributed by atoms with Crippen LogP contribution in [0.4, 0.5) is 0 Å². The van der Waals surface area contributed by atoms with E-state index in [2.05, 4.69) is 30.3 Å². The fraction of sp³-hybridized carbons (Fsp3) is 0.562. The zero-order valence-electron chi connectivity index (χ0n) is 11.5. The minimum absolute atomic E-state index is 0.0109. The van der Waals surface area contributed by atoms with Crippen molar-refractivity contribution in [3.8, 4) is 0 Å². The Hall–Kier alpha value is -0.791. The molecule has 2 atom stereocenters. The molecule has 3 heteroatoms. The summed E-state index contributed by atoms with van der Waals surface area (Å²) >= 11 is 0.416. The third-order valence-corrected chi connectivity index (χ3v) is 6.32.